The Morgan fingerprint density at radius 3 is 2.88 bits per heavy atom. The molecule has 5 nitrogen and oxygen atoms in total. The average molecular weight is 240 g/mol. The zero-order chi connectivity index (χ0) is 12.7. The molecule has 0 aliphatic heterocycles. The van der Waals surface area contributed by atoms with Gasteiger partial charge >= 0.3 is 0 Å². The van der Waals surface area contributed by atoms with Crippen molar-refractivity contribution in [3.05, 3.63) is 12.2 Å². The molecule has 0 aliphatic carbocycles. The predicted octanol–water partition coefficient (Wildman–Crippen LogP) is 1.10. The quantitative estimate of drug-likeness (QED) is 0.691. The Balaban J connectivity index is 2.42. The molecule has 1 aromatic heterocycles. The first kappa shape index (κ1) is 14.1. The Labute approximate surface area is 104 Å². The van der Waals surface area contributed by atoms with Crippen LogP contribution < -0.4 is 5.32 Å². The minimum absolute atomic E-state index is 0.174. The maximum atomic E-state index is 5.01. The van der Waals surface area contributed by atoms with Gasteiger partial charge in [0.2, 0.25) is 0 Å². The molecule has 98 valence electrons. The summed E-state index contributed by atoms with van der Waals surface area (Å²) in [5.74, 6) is 1.06. The van der Waals surface area contributed by atoms with Crippen molar-refractivity contribution in [2.45, 2.75) is 33.7 Å². The Morgan fingerprint density at radius 2 is 2.24 bits per heavy atom. The predicted molar refractivity (Wildman–Crippen MR) is 67.9 cm³/mol. The molecular weight excluding hydrogens is 216 g/mol. The zero-order valence-electron chi connectivity index (χ0n) is 11.4. The fraction of sp³-hybridized carbons (Fsp3) is 0.833. The van der Waals surface area contributed by atoms with Gasteiger partial charge in [-0.1, -0.05) is 13.8 Å². The highest BCUT2D eigenvalue weighted by molar-refractivity contribution is 4.91. The third-order valence-corrected chi connectivity index (χ3v) is 2.72. The average Bonchev–Trinajstić information content (AvgIpc) is 2.71. The van der Waals surface area contributed by atoms with Crippen molar-refractivity contribution in [3.8, 4) is 0 Å². The number of nitrogens with one attached hydrogen (secondary N) is 1. The lowest BCUT2D eigenvalue weighted by atomic mass is 9.89. The van der Waals surface area contributed by atoms with Crippen LogP contribution >= 0.6 is 0 Å². The smallest absolute Gasteiger partial charge is 0.138 e. The lowest BCUT2D eigenvalue weighted by Crippen LogP contribution is -2.33. The first-order chi connectivity index (χ1) is 8.09. The number of hydrogen-bond donors (Lipinski definition) is 1. The summed E-state index contributed by atoms with van der Waals surface area (Å²) in [6, 6.07) is 0. The molecule has 0 aromatic carbocycles. The summed E-state index contributed by atoms with van der Waals surface area (Å²) in [6.45, 7) is 10.0. The van der Waals surface area contributed by atoms with E-state index < -0.39 is 0 Å². The summed E-state index contributed by atoms with van der Waals surface area (Å²) >= 11 is 0. The van der Waals surface area contributed by atoms with Crippen LogP contribution in [-0.4, -0.2) is 41.6 Å². The second-order valence-electron chi connectivity index (χ2n) is 5.00. The van der Waals surface area contributed by atoms with Crippen molar-refractivity contribution in [2.75, 3.05) is 26.8 Å². The molecule has 1 rings (SSSR count). The van der Waals surface area contributed by atoms with Crippen LogP contribution in [0.15, 0.2) is 6.33 Å². The Bertz CT molecular complexity index is 322. The number of ether oxygens (including phenoxy) is 1. The van der Waals surface area contributed by atoms with Gasteiger partial charge in [0.05, 0.1) is 6.61 Å². The minimum Gasteiger partial charge on any atom is -0.383 e. The summed E-state index contributed by atoms with van der Waals surface area (Å²) in [6.07, 6.45) is 2.56. The number of methoxy groups -OCH3 is 1. The second kappa shape index (κ2) is 6.71. The molecule has 0 saturated heterocycles. The van der Waals surface area contributed by atoms with Crippen LogP contribution in [0.4, 0.5) is 0 Å². The van der Waals surface area contributed by atoms with E-state index in [1.54, 1.807) is 13.4 Å². The van der Waals surface area contributed by atoms with E-state index in [0.29, 0.717) is 0 Å². The third-order valence-electron chi connectivity index (χ3n) is 2.72. The van der Waals surface area contributed by atoms with Crippen LogP contribution in [0.5, 0.6) is 0 Å². The number of aryl methyl sites for hydroxylation is 1. The van der Waals surface area contributed by atoms with Gasteiger partial charge in [-0.25, -0.2) is 4.98 Å². The lowest BCUT2D eigenvalue weighted by Gasteiger charge is -2.24. The van der Waals surface area contributed by atoms with Crippen molar-refractivity contribution in [1.29, 1.82) is 0 Å². The van der Waals surface area contributed by atoms with E-state index in [1.165, 1.54) is 0 Å². The van der Waals surface area contributed by atoms with E-state index in [-0.39, 0.29) is 5.41 Å². The molecule has 0 unspecified atom stereocenters. The van der Waals surface area contributed by atoms with Gasteiger partial charge in [-0.05, 0) is 12.3 Å². The van der Waals surface area contributed by atoms with Gasteiger partial charge in [0.15, 0.2) is 0 Å². The number of rotatable bonds is 8. The molecule has 17 heavy (non-hydrogen) atoms. The maximum Gasteiger partial charge on any atom is 0.138 e. The third kappa shape index (κ3) is 4.83. The number of hydrogen-bond acceptors (Lipinski definition) is 4. The van der Waals surface area contributed by atoms with Crippen LogP contribution in [0.2, 0.25) is 0 Å². The summed E-state index contributed by atoms with van der Waals surface area (Å²) in [4.78, 5) is 4.32. The van der Waals surface area contributed by atoms with E-state index in [1.807, 2.05) is 4.68 Å². The van der Waals surface area contributed by atoms with Gasteiger partial charge in [0.25, 0.3) is 0 Å². The highest BCUT2D eigenvalue weighted by Gasteiger charge is 2.20. The van der Waals surface area contributed by atoms with Crippen LogP contribution in [0.3, 0.4) is 0 Å². The number of aromatic nitrogens is 3. The van der Waals surface area contributed by atoms with Gasteiger partial charge in [0, 0.05) is 33.2 Å². The SMILES string of the molecule is CCn1ncnc1CC(C)(C)CNCCOC. The Hall–Kier alpha value is -0.940. The molecule has 0 fully saturated rings. The van der Waals surface area contributed by atoms with E-state index >= 15 is 0 Å². The van der Waals surface area contributed by atoms with Crippen LogP contribution in [0.25, 0.3) is 0 Å². The number of nitrogens with zero attached hydrogens (tertiary/aromatic N) is 3. The molecule has 0 radical (unpaired) electrons. The minimum atomic E-state index is 0.174. The molecule has 0 bridgehead atoms. The van der Waals surface area contributed by atoms with E-state index in [0.717, 1.165) is 38.5 Å². The summed E-state index contributed by atoms with van der Waals surface area (Å²) in [5.41, 5.74) is 0.174. The Morgan fingerprint density at radius 1 is 1.47 bits per heavy atom. The molecule has 0 atom stereocenters. The highest BCUT2D eigenvalue weighted by Crippen LogP contribution is 2.19. The zero-order valence-corrected chi connectivity index (χ0v) is 11.4. The van der Waals surface area contributed by atoms with Crippen molar-refractivity contribution in [2.24, 2.45) is 5.41 Å². The van der Waals surface area contributed by atoms with Gasteiger partial charge in [-0.15, -0.1) is 0 Å². The molecular formula is C12H24N4O. The molecule has 1 aromatic rings. The molecule has 1 heterocycles. The Kier molecular flexibility index (Phi) is 5.58. The van der Waals surface area contributed by atoms with Crippen molar-refractivity contribution >= 4 is 0 Å². The maximum absolute atomic E-state index is 5.01. The monoisotopic (exact) mass is 240 g/mol. The first-order valence-corrected chi connectivity index (χ1v) is 6.15. The normalized spacial score (nSPS) is 12.0. The molecule has 5 heteroatoms. The molecule has 0 aliphatic rings. The van der Waals surface area contributed by atoms with Crippen molar-refractivity contribution in [3.63, 3.8) is 0 Å². The topological polar surface area (TPSA) is 52.0 Å². The summed E-state index contributed by atoms with van der Waals surface area (Å²) in [5, 5.41) is 7.59. The summed E-state index contributed by atoms with van der Waals surface area (Å²) < 4.78 is 6.97. The van der Waals surface area contributed by atoms with Crippen molar-refractivity contribution < 1.29 is 4.74 Å². The second-order valence-corrected chi connectivity index (χ2v) is 5.00. The van der Waals surface area contributed by atoms with Crippen molar-refractivity contribution in [1.82, 2.24) is 20.1 Å². The van der Waals surface area contributed by atoms with Crippen LogP contribution in [-0.2, 0) is 17.7 Å². The van der Waals surface area contributed by atoms with Crippen LogP contribution in [0, 0.1) is 5.41 Å². The molecule has 1 N–H and O–H groups in total. The fourth-order valence-electron chi connectivity index (χ4n) is 1.78. The van der Waals surface area contributed by atoms with Gasteiger partial charge in [-0.2, -0.15) is 5.10 Å². The summed E-state index contributed by atoms with van der Waals surface area (Å²) in [7, 11) is 1.72. The van der Waals surface area contributed by atoms with E-state index in [2.05, 4.69) is 36.2 Å². The lowest BCUT2D eigenvalue weighted by molar-refractivity contribution is 0.193. The van der Waals surface area contributed by atoms with Gasteiger partial charge in [-0.3, -0.25) is 4.68 Å². The molecule has 0 spiro atoms. The van der Waals surface area contributed by atoms with Gasteiger partial charge < -0.3 is 10.1 Å². The molecule has 0 saturated carbocycles. The molecule has 0 amide bonds. The van der Waals surface area contributed by atoms with E-state index in [9.17, 15) is 0 Å². The van der Waals surface area contributed by atoms with E-state index in [4.69, 9.17) is 4.74 Å². The van der Waals surface area contributed by atoms with Crippen LogP contribution in [0.1, 0.15) is 26.6 Å². The fourth-order valence-corrected chi connectivity index (χ4v) is 1.78. The highest BCUT2D eigenvalue weighted by atomic mass is 16.5. The standard InChI is InChI=1S/C12H24N4O/c1-5-16-11(14-10-15-16)8-12(2,3)9-13-6-7-17-4/h10,13H,5-9H2,1-4H3. The largest absolute Gasteiger partial charge is 0.383 e. The first-order valence-electron chi connectivity index (χ1n) is 6.15. The van der Waals surface area contributed by atoms with Gasteiger partial charge in [0.1, 0.15) is 12.2 Å².